The molecule has 0 radical (unpaired) electrons. The molecule has 33 heavy (non-hydrogen) atoms. The van der Waals surface area contributed by atoms with Crippen LogP contribution in [0.15, 0.2) is 85.1 Å². The average Bonchev–Trinajstić information content (AvgIpc) is 3.30. The van der Waals surface area contributed by atoms with Crippen molar-refractivity contribution in [3.63, 3.8) is 0 Å². The minimum Gasteiger partial charge on any atom is -0.328 e. The number of nitrogens with one attached hydrogen (secondary N) is 2. The van der Waals surface area contributed by atoms with Crippen molar-refractivity contribution < 1.29 is 9.59 Å². The Hall–Kier alpha value is -4.19. The maximum atomic E-state index is 12.7. The summed E-state index contributed by atoms with van der Waals surface area (Å²) in [5.41, 5.74) is 4.78. The van der Waals surface area contributed by atoms with Crippen LogP contribution in [0.5, 0.6) is 0 Å². The van der Waals surface area contributed by atoms with Gasteiger partial charge < -0.3 is 15.2 Å². The molecule has 2 heterocycles. The van der Waals surface area contributed by atoms with Gasteiger partial charge in [0.25, 0.3) is 11.8 Å². The highest BCUT2D eigenvalue weighted by atomic mass is 16.2. The SMILES string of the molecule is O=C(Nc1ccc(C(=O)Nc2ccc(-c3ncc4n3CCCC4)cc2)cc1)c1ccccc1. The third-order valence-corrected chi connectivity index (χ3v) is 5.84. The summed E-state index contributed by atoms with van der Waals surface area (Å²) in [5, 5.41) is 5.76. The molecule has 0 saturated heterocycles. The van der Waals surface area contributed by atoms with Crippen LogP contribution in [0.4, 0.5) is 11.4 Å². The molecule has 6 heteroatoms. The molecule has 164 valence electrons. The number of fused-ring (bicyclic) bond motifs is 1. The van der Waals surface area contributed by atoms with Crippen LogP contribution in [0.2, 0.25) is 0 Å². The van der Waals surface area contributed by atoms with Crippen molar-refractivity contribution in [1.29, 1.82) is 0 Å². The summed E-state index contributed by atoms with van der Waals surface area (Å²) >= 11 is 0. The smallest absolute Gasteiger partial charge is 0.255 e. The number of imidazole rings is 1. The molecule has 6 nitrogen and oxygen atoms in total. The van der Waals surface area contributed by atoms with Crippen molar-refractivity contribution in [2.24, 2.45) is 0 Å². The van der Waals surface area contributed by atoms with Gasteiger partial charge in [0, 0.05) is 46.5 Å². The summed E-state index contributed by atoms with van der Waals surface area (Å²) in [5.74, 6) is 0.587. The zero-order valence-corrected chi connectivity index (χ0v) is 18.1. The fourth-order valence-electron chi connectivity index (χ4n) is 4.07. The van der Waals surface area contributed by atoms with E-state index in [1.54, 1.807) is 36.4 Å². The van der Waals surface area contributed by atoms with Crippen LogP contribution in [0.3, 0.4) is 0 Å². The zero-order valence-electron chi connectivity index (χ0n) is 18.1. The second-order valence-corrected chi connectivity index (χ2v) is 8.11. The van der Waals surface area contributed by atoms with E-state index in [-0.39, 0.29) is 11.8 Å². The van der Waals surface area contributed by atoms with Crippen LogP contribution < -0.4 is 10.6 Å². The van der Waals surface area contributed by atoms with Gasteiger partial charge >= 0.3 is 0 Å². The van der Waals surface area contributed by atoms with Crippen LogP contribution in [0.1, 0.15) is 39.3 Å². The summed E-state index contributed by atoms with van der Waals surface area (Å²) in [6, 6.07) is 23.6. The Morgan fingerprint density at radius 3 is 2.00 bits per heavy atom. The van der Waals surface area contributed by atoms with E-state index in [2.05, 4.69) is 20.2 Å². The number of benzene rings is 3. The molecule has 0 fully saturated rings. The number of carbonyl (C=O) groups excluding carboxylic acids is 2. The number of aromatic nitrogens is 2. The number of carbonyl (C=O) groups is 2. The van der Waals surface area contributed by atoms with E-state index in [1.807, 2.05) is 48.7 Å². The van der Waals surface area contributed by atoms with Gasteiger partial charge in [0.1, 0.15) is 5.82 Å². The number of anilines is 2. The van der Waals surface area contributed by atoms with E-state index in [0.29, 0.717) is 16.8 Å². The number of aryl methyl sites for hydroxylation is 1. The quantitative estimate of drug-likeness (QED) is 0.440. The lowest BCUT2D eigenvalue weighted by molar-refractivity contribution is 0.102. The van der Waals surface area contributed by atoms with Crippen molar-refractivity contribution in [2.75, 3.05) is 10.6 Å². The molecule has 0 spiro atoms. The highest BCUT2D eigenvalue weighted by Crippen LogP contribution is 2.25. The Morgan fingerprint density at radius 2 is 1.33 bits per heavy atom. The van der Waals surface area contributed by atoms with Crippen molar-refractivity contribution in [3.8, 4) is 11.4 Å². The number of hydrogen-bond acceptors (Lipinski definition) is 3. The van der Waals surface area contributed by atoms with Gasteiger partial charge in [-0.15, -0.1) is 0 Å². The molecular formula is C27H24N4O2. The molecule has 1 aliphatic rings. The van der Waals surface area contributed by atoms with Gasteiger partial charge in [-0.1, -0.05) is 18.2 Å². The van der Waals surface area contributed by atoms with Crippen molar-refractivity contribution in [3.05, 3.63) is 102 Å². The molecule has 4 aromatic rings. The summed E-state index contributed by atoms with van der Waals surface area (Å²) in [4.78, 5) is 29.5. The lowest BCUT2D eigenvalue weighted by atomic mass is 10.1. The van der Waals surface area contributed by atoms with Crippen molar-refractivity contribution >= 4 is 23.2 Å². The lowest BCUT2D eigenvalue weighted by Crippen LogP contribution is -2.13. The lowest BCUT2D eigenvalue weighted by Gasteiger charge is -2.16. The van der Waals surface area contributed by atoms with E-state index < -0.39 is 0 Å². The first-order chi connectivity index (χ1) is 16.2. The van der Waals surface area contributed by atoms with Gasteiger partial charge in [0.05, 0.1) is 0 Å². The van der Waals surface area contributed by atoms with Crippen LogP contribution in [-0.4, -0.2) is 21.4 Å². The Balaban J connectivity index is 1.22. The van der Waals surface area contributed by atoms with E-state index in [9.17, 15) is 9.59 Å². The summed E-state index contributed by atoms with van der Waals surface area (Å²) in [6.45, 7) is 1.00. The highest BCUT2D eigenvalue weighted by molar-refractivity contribution is 6.06. The van der Waals surface area contributed by atoms with E-state index in [1.165, 1.54) is 18.5 Å². The van der Waals surface area contributed by atoms with E-state index in [0.717, 1.165) is 30.0 Å². The largest absolute Gasteiger partial charge is 0.328 e. The van der Waals surface area contributed by atoms with Gasteiger partial charge in [-0.3, -0.25) is 9.59 Å². The van der Waals surface area contributed by atoms with Crippen LogP contribution >= 0.6 is 0 Å². The Morgan fingerprint density at radius 1 is 0.727 bits per heavy atom. The Kier molecular flexibility index (Phi) is 5.72. The third kappa shape index (κ3) is 4.55. The minimum atomic E-state index is -0.207. The van der Waals surface area contributed by atoms with Crippen molar-refractivity contribution in [1.82, 2.24) is 9.55 Å². The fourth-order valence-corrected chi connectivity index (χ4v) is 4.07. The Labute approximate surface area is 192 Å². The highest BCUT2D eigenvalue weighted by Gasteiger charge is 2.15. The fraction of sp³-hybridized carbons (Fsp3) is 0.148. The molecule has 5 rings (SSSR count). The average molecular weight is 437 g/mol. The van der Waals surface area contributed by atoms with Crippen LogP contribution in [0.25, 0.3) is 11.4 Å². The van der Waals surface area contributed by atoms with E-state index in [4.69, 9.17) is 0 Å². The first-order valence-electron chi connectivity index (χ1n) is 11.1. The van der Waals surface area contributed by atoms with Crippen LogP contribution in [-0.2, 0) is 13.0 Å². The first kappa shape index (κ1) is 20.7. The van der Waals surface area contributed by atoms with Gasteiger partial charge in [-0.25, -0.2) is 4.98 Å². The Bertz CT molecular complexity index is 1280. The normalized spacial score (nSPS) is 12.6. The number of rotatable bonds is 5. The second-order valence-electron chi connectivity index (χ2n) is 8.11. The molecule has 0 bridgehead atoms. The number of nitrogens with zero attached hydrogens (tertiary/aromatic N) is 2. The molecule has 0 atom stereocenters. The van der Waals surface area contributed by atoms with Gasteiger partial charge in [-0.2, -0.15) is 0 Å². The number of amides is 2. The maximum absolute atomic E-state index is 12.7. The molecule has 2 N–H and O–H groups in total. The van der Waals surface area contributed by atoms with Gasteiger partial charge in [0.2, 0.25) is 0 Å². The van der Waals surface area contributed by atoms with Crippen molar-refractivity contribution in [2.45, 2.75) is 25.8 Å². The van der Waals surface area contributed by atoms with Crippen LogP contribution in [0, 0.1) is 0 Å². The minimum absolute atomic E-state index is 0.188. The summed E-state index contributed by atoms with van der Waals surface area (Å²) in [7, 11) is 0. The molecule has 3 aromatic carbocycles. The molecule has 2 amide bonds. The molecular weight excluding hydrogens is 412 g/mol. The van der Waals surface area contributed by atoms with Gasteiger partial charge in [-0.05, 0) is 79.9 Å². The first-order valence-corrected chi connectivity index (χ1v) is 11.1. The predicted molar refractivity (Wildman–Crippen MR) is 129 cm³/mol. The summed E-state index contributed by atoms with van der Waals surface area (Å²) < 4.78 is 2.29. The standard InChI is InChI=1S/C27H24N4O2/c32-26(20-6-2-1-3-7-20)29-23-15-11-21(12-16-23)27(33)30-22-13-9-19(10-14-22)25-28-18-24-8-4-5-17-31(24)25/h1-3,6-7,9-16,18H,4-5,8,17H2,(H,29,32)(H,30,33). The number of hydrogen-bond donors (Lipinski definition) is 2. The predicted octanol–water partition coefficient (Wildman–Crippen LogP) is 5.39. The molecule has 0 aliphatic carbocycles. The topological polar surface area (TPSA) is 76.0 Å². The zero-order chi connectivity index (χ0) is 22.6. The monoisotopic (exact) mass is 436 g/mol. The van der Waals surface area contributed by atoms with E-state index >= 15 is 0 Å². The molecule has 0 saturated carbocycles. The maximum Gasteiger partial charge on any atom is 0.255 e. The second kappa shape index (κ2) is 9.12. The molecule has 1 aromatic heterocycles. The third-order valence-electron chi connectivity index (χ3n) is 5.84. The molecule has 1 aliphatic heterocycles. The van der Waals surface area contributed by atoms with Gasteiger partial charge in [0.15, 0.2) is 0 Å². The molecule has 0 unspecified atom stereocenters. The summed E-state index contributed by atoms with van der Waals surface area (Å²) in [6.07, 6.45) is 5.45.